The molecule has 4 amide bonds. The molecule has 5 aromatic carbocycles. The highest BCUT2D eigenvalue weighted by Gasteiger charge is 2.17. The molecular formula is C36H30N4O4. The van der Waals surface area contributed by atoms with Crippen molar-refractivity contribution in [2.45, 2.75) is 0 Å². The molecule has 0 aliphatic rings. The maximum atomic E-state index is 13.0. The monoisotopic (exact) mass is 582 g/mol. The van der Waals surface area contributed by atoms with Crippen molar-refractivity contribution < 1.29 is 19.2 Å². The second kappa shape index (κ2) is 13.3. The highest BCUT2D eigenvalue weighted by Crippen LogP contribution is 2.20. The van der Waals surface area contributed by atoms with Gasteiger partial charge in [0.25, 0.3) is 23.6 Å². The van der Waals surface area contributed by atoms with E-state index in [1.165, 1.54) is 0 Å². The first-order valence-electron chi connectivity index (χ1n) is 13.9. The molecule has 2 N–H and O–H groups in total. The number of hydrogen-bond donors (Lipinski definition) is 2. The Morgan fingerprint density at radius 2 is 0.795 bits per heavy atom. The lowest BCUT2D eigenvalue weighted by molar-refractivity contribution is 0.0985. The zero-order chi connectivity index (χ0) is 31.1. The third-order valence-corrected chi connectivity index (χ3v) is 7.04. The lowest BCUT2D eigenvalue weighted by Gasteiger charge is -2.18. The van der Waals surface area contributed by atoms with Crippen LogP contribution in [0.1, 0.15) is 41.4 Å². The van der Waals surface area contributed by atoms with Gasteiger partial charge in [-0.3, -0.25) is 19.2 Å². The summed E-state index contributed by atoms with van der Waals surface area (Å²) in [6, 6.07) is 38.2. The van der Waals surface area contributed by atoms with Gasteiger partial charge in [-0.2, -0.15) is 0 Å². The second-order valence-electron chi connectivity index (χ2n) is 10.0. The molecular weight excluding hydrogens is 552 g/mol. The molecule has 0 fully saturated rings. The van der Waals surface area contributed by atoms with Crippen molar-refractivity contribution in [2.24, 2.45) is 0 Å². The smallest absolute Gasteiger partial charge is 0.258 e. The Morgan fingerprint density at radius 3 is 1.16 bits per heavy atom. The first-order valence-corrected chi connectivity index (χ1v) is 13.9. The van der Waals surface area contributed by atoms with Crippen molar-refractivity contribution in [3.05, 3.63) is 156 Å². The van der Waals surface area contributed by atoms with E-state index in [0.29, 0.717) is 33.6 Å². The molecule has 8 nitrogen and oxygen atoms in total. The van der Waals surface area contributed by atoms with E-state index in [4.69, 9.17) is 0 Å². The van der Waals surface area contributed by atoms with Crippen LogP contribution in [0, 0.1) is 0 Å². The summed E-state index contributed by atoms with van der Waals surface area (Å²) in [6.45, 7) is 0. The van der Waals surface area contributed by atoms with Crippen molar-refractivity contribution in [3.8, 4) is 0 Å². The van der Waals surface area contributed by atoms with Crippen molar-refractivity contribution >= 4 is 46.4 Å². The van der Waals surface area contributed by atoms with E-state index in [1.54, 1.807) is 96.7 Å². The van der Waals surface area contributed by atoms with Crippen LogP contribution in [0.5, 0.6) is 0 Å². The minimum absolute atomic E-state index is 0.208. The molecule has 0 aliphatic heterocycles. The highest BCUT2D eigenvalue weighted by molar-refractivity contribution is 6.10. The van der Waals surface area contributed by atoms with Crippen LogP contribution in [0.15, 0.2) is 133 Å². The number of para-hydroxylation sites is 2. The summed E-state index contributed by atoms with van der Waals surface area (Å²) in [4.78, 5) is 54.9. The summed E-state index contributed by atoms with van der Waals surface area (Å²) in [5.74, 6) is -1.18. The van der Waals surface area contributed by atoms with Crippen LogP contribution in [-0.4, -0.2) is 37.7 Å². The summed E-state index contributed by atoms with van der Waals surface area (Å²) < 4.78 is 0. The molecule has 0 saturated heterocycles. The third kappa shape index (κ3) is 6.88. The van der Waals surface area contributed by atoms with Gasteiger partial charge >= 0.3 is 0 Å². The Kier molecular flexibility index (Phi) is 8.91. The molecule has 0 bridgehead atoms. The Morgan fingerprint density at radius 1 is 0.432 bits per heavy atom. The minimum atomic E-state index is -0.383. The summed E-state index contributed by atoms with van der Waals surface area (Å²) in [5.41, 5.74) is 4.00. The maximum absolute atomic E-state index is 13.0. The zero-order valence-corrected chi connectivity index (χ0v) is 24.2. The van der Waals surface area contributed by atoms with Gasteiger partial charge in [0.15, 0.2) is 0 Å². The lowest BCUT2D eigenvalue weighted by atomic mass is 10.1. The predicted molar refractivity (Wildman–Crippen MR) is 174 cm³/mol. The molecule has 0 aromatic heterocycles. The number of carbonyl (C=O) groups is 4. The standard InChI is InChI=1S/C36H30N4O4/c1-39(31-15-5-3-6-16-31)35(43)27-11-9-13-29(23-27)37-33(41)25-19-21-26(22-20-25)34(42)38-30-14-10-12-28(24-30)36(44)40(2)32-17-7-4-8-18-32/h3-24H,1-2H3,(H,37,41)(H,38,42). The molecule has 0 radical (unpaired) electrons. The van der Waals surface area contributed by atoms with Gasteiger partial charge < -0.3 is 20.4 Å². The lowest BCUT2D eigenvalue weighted by Crippen LogP contribution is -2.26. The second-order valence-corrected chi connectivity index (χ2v) is 10.0. The van der Waals surface area contributed by atoms with Gasteiger partial charge in [-0.15, -0.1) is 0 Å². The largest absolute Gasteiger partial charge is 0.322 e. The number of benzene rings is 5. The van der Waals surface area contributed by atoms with Gasteiger partial charge in [-0.25, -0.2) is 0 Å². The van der Waals surface area contributed by atoms with E-state index in [1.807, 2.05) is 60.7 Å². The number of anilines is 4. The van der Waals surface area contributed by atoms with Crippen molar-refractivity contribution in [1.29, 1.82) is 0 Å². The van der Waals surface area contributed by atoms with Crippen molar-refractivity contribution in [3.63, 3.8) is 0 Å². The van der Waals surface area contributed by atoms with Gasteiger partial charge in [-0.05, 0) is 84.9 Å². The van der Waals surface area contributed by atoms with E-state index in [9.17, 15) is 19.2 Å². The average molecular weight is 583 g/mol. The number of amides is 4. The van der Waals surface area contributed by atoms with Crippen LogP contribution < -0.4 is 20.4 Å². The molecule has 0 heterocycles. The van der Waals surface area contributed by atoms with Crippen molar-refractivity contribution in [1.82, 2.24) is 0 Å². The molecule has 8 heteroatoms. The van der Waals surface area contributed by atoms with Gasteiger partial charge in [0, 0.05) is 59.1 Å². The first-order chi connectivity index (χ1) is 21.3. The molecule has 0 atom stereocenters. The Hall–Kier alpha value is -6.02. The van der Waals surface area contributed by atoms with Crippen molar-refractivity contribution in [2.75, 3.05) is 34.5 Å². The van der Waals surface area contributed by atoms with Gasteiger partial charge in [-0.1, -0.05) is 48.5 Å². The molecule has 5 aromatic rings. The minimum Gasteiger partial charge on any atom is -0.322 e. The number of nitrogens with one attached hydrogen (secondary N) is 2. The summed E-state index contributed by atoms with van der Waals surface area (Å²) >= 11 is 0. The molecule has 218 valence electrons. The number of nitrogens with zero attached hydrogens (tertiary/aromatic N) is 2. The van der Waals surface area contributed by atoms with E-state index in [0.717, 1.165) is 11.4 Å². The number of hydrogen-bond acceptors (Lipinski definition) is 4. The molecule has 0 unspecified atom stereocenters. The zero-order valence-electron chi connectivity index (χ0n) is 24.2. The van der Waals surface area contributed by atoms with Gasteiger partial charge in [0.2, 0.25) is 0 Å². The van der Waals surface area contributed by atoms with E-state index in [2.05, 4.69) is 10.6 Å². The quantitative estimate of drug-likeness (QED) is 0.212. The van der Waals surface area contributed by atoms with E-state index >= 15 is 0 Å². The van der Waals surface area contributed by atoms with Gasteiger partial charge in [0.05, 0.1) is 0 Å². The average Bonchev–Trinajstić information content (AvgIpc) is 3.08. The van der Waals surface area contributed by atoms with Crippen LogP contribution in [0.3, 0.4) is 0 Å². The van der Waals surface area contributed by atoms with Gasteiger partial charge in [0.1, 0.15) is 0 Å². The molecule has 44 heavy (non-hydrogen) atoms. The fourth-order valence-corrected chi connectivity index (χ4v) is 4.56. The molecule has 5 rings (SSSR count). The topological polar surface area (TPSA) is 98.8 Å². The first kappa shape index (κ1) is 29.5. The maximum Gasteiger partial charge on any atom is 0.258 e. The molecule has 0 aliphatic carbocycles. The Balaban J connectivity index is 1.21. The summed E-state index contributed by atoms with van der Waals surface area (Å²) in [7, 11) is 3.39. The van der Waals surface area contributed by atoms with Crippen LogP contribution in [0.2, 0.25) is 0 Å². The highest BCUT2D eigenvalue weighted by atomic mass is 16.2. The third-order valence-electron chi connectivity index (χ3n) is 7.04. The Bertz CT molecular complexity index is 1670. The SMILES string of the molecule is CN(C(=O)c1cccc(NC(=O)c2ccc(C(=O)Nc3cccc(C(=O)N(C)c4ccccc4)c3)cc2)c1)c1ccccc1. The van der Waals surface area contributed by atoms with E-state index in [-0.39, 0.29) is 23.6 Å². The normalized spacial score (nSPS) is 10.4. The number of carbonyl (C=O) groups excluding carboxylic acids is 4. The summed E-state index contributed by atoms with van der Waals surface area (Å²) in [6.07, 6.45) is 0. The fraction of sp³-hybridized carbons (Fsp3) is 0.0556. The predicted octanol–water partition coefficient (Wildman–Crippen LogP) is 6.74. The van der Waals surface area contributed by atoms with Crippen LogP contribution >= 0.6 is 0 Å². The number of rotatable bonds is 8. The molecule has 0 saturated carbocycles. The molecule has 0 spiro atoms. The van der Waals surface area contributed by atoms with Crippen LogP contribution in [0.25, 0.3) is 0 Å². The van der Waals surface area contributed by atoms with Crippen LogP contribution in [-0.2, 0) is 0 Å². The summed E-state index contributed by atoms with van der Waals surface area (Å²) in [5, 5.41) is 5.62. The van der Waals surface area contributed by atoms with Crippen LogP contribution in [0.4, 0.5) is 22.7 Å². The van der Waals surface area contributed by atoms with E-state index < -0.39 is 0 Å². The Labute approximate surface area is 255 Å². The fourth-order valence-electron chi connectivity index (χ4n) is 4.56.